The normalized spacial score (nSPS) is 17.8. The summed E-state index contributed by atoms with van der Waals surface area (Å²) in [6.45, 7) is 2.03. The van der Waals surface area contributed by atoms with Crippen LogP contribution in [0.3, 0.4) is 0 Å². The van der Waals surface area contributed by atoms with Gasteiger partial charge < -0.3 is 9.52 Å². The van der Waals surface area contributed by atoms with Crippen LogP contribution in [0, 0.1) is 0 Å². The maximum absolute atomic E-state index is 11.1. The molecule has 2 heterocycles. The van der Waals surface area contributed by atoms with Gasteiger partial charge in [0.1, 0.15) is 5.58 Å². The molecule has 1 unspecified atom stereocenters. The molecule has 1 aromatic heterocycles. The molecule has 134 valence electrons. The van der Waals surface area contributed by atoms with Crippen molar-refractivity contribution in [3.8, 4) is 0 Å². The number of carboxylic acid groups (broad SMARTS) is 1. The first-order valence-electron chi connectivity index (χ1n) is 9.23. The van der Waals surface area contributed by atoms with Gasteiger partial charge in [-0.2, -0.15) is 0 Å². The van der Waals surface area contributed by atoms with Gasteiger partial charge in [0.2, 0.25) is 5.76 Å². The van der Waals surface area contributed by atoms with Crippen LogP contribution in [0.25, 0.3) is 11.0 Å². The molecule has 1 N–H and O–H groups in total. The van der Waals surface area contributed by atoms with Gasteiger partial charge in [-0.3, -0.25) is 4.90 Å². The summed E-state index contributed by atoms with van der Waals surface area (Å²) in [7, 11) is 0. The van der Waals surface area contributed by atoms with E-state index in [4.69, 9.17) is 9.52 Å². The highest BCUT2D eigenvalue weighted by Crippen LogP contribution is 2.26. The largest absolute Gasteiger partial charge is 0.475 e. The fourth-order valence-electron chi connectivity index (χ4n) is 3.94. The molecule has 0 saturated carbocycles. The van der Waals surface area contributed by atoms with Gasteiger partial charge in [-0.15, -0.1) is 0 Å². The maximum atomic E-state index is 11.1. The molecule has 2 aromatic carbocycles. The van der Waals surface area contributed by atoms with Gasteiger partial charge >= 0.3 is 5.97 Å². The Hall–Kier alpha value is -2.59. The molecule has 0 spiro atoms. The zero-order valence-corrected chi connectivity index (χ0v) is 14.7. The molecule has 1 atom stereocenters. The summed E-state index contributed by atoms with van der Waals surface area (Å²) in [6, 6.07) is 18.9. The van der Waals surface area contributed by atoms with E-state index >= 15 is 0 Å². The van der Waals surface area contributed by atoms with Crippen molar-refractivity contribution < 1.29 is 14.3 Å². The predicted molar refractivity (Wildman–Crippen MR) is 101 cm³/mol. The van der Waals surface area contributed by atoms with Crippen LogP contribution in [0.2, 0.25) is 0 Å². The number of carboxylic acids is 1. The number of nitrogens with zero attached hydrogens (tertiary/aromatic N) is 1. The van der Waals surface area contributed by atoms with Gasteiger partial charge in [0.25, 0.3) is 0 Å². The van der Waals surface area contributed by atoms with Crippen LogP contribution in [0.4, 0.5) is 0 Å². The van der Waals surface area contributed by atoms with Crippen molar-refractivity contribution in [3.05, 3.63) is 71.5 Å². The zero-order chi connectivity index (χ0) is 17.9. The number of rotatable bonds is 6. The number of fused-ring (bicyclic) bond motifs is 1. The highest BCUT2D eigenvalue weighted by Gasteiger charge is 2.24. The number of benzene rings is 2. The van der Waals surface area contributed by atoms with E-state index in [2.05, 4.69) is 41.3 Å². The van der Waals surface area contributed by atoms with E-state index in [0.29, 0.717) is 11.6 Å². The van der Waals surface area contributed by atoms with E-state index in [1.165, 1.54) is 30.4 Å². The lowest BCUT2D eigenvalue weighted by molar-refractivity contribution is 0.0665. The SMILES string of the molecule is O=C(O)c1cc2cc(CN3CCCC3CCc3ccccc3)ccc2o1. The van der Waals surface area contributed by atoms with Crippen LogP contribution in [-0.2, 0) is 13.0 Å². The van der Waals surface area contributed by atoms with Crippen molar-refractivity contribution in [1.29, 1.82) is 0 Å². The van der Waals surface area contributed by atoms with Gasteiger partial charge in [0.15, 0.2) is 0 Å². The van der Waals surface area contributed by atoms with Crippen molar-refractivity contribution in [2.24, 2.45) is 0 Å². The van der Waals surface area contributed by atoms with Gasteiger partial charge in [0.05, 0.1) is 0 Å². The summed E-state index contributed by atoms with van der Waals surface area (Å²) >= 11 is 0. The Kier molecular flexibility index (Phi) is 4.76. The minimum atomic E-state index is -1.02. The molecule has 4 nitrogen and oxygen atoms in total. The average Bonchev–Trinajstić information content (AvgIpc) is 3.27. The molecule has 1 saturated heterocycles. The Balaban J connectivity index is 1.43. The monoisotopic (exact) mass is 349 g/mol. The summed E-state index contributed by atoms with van der Waals surface area (Å²) in [4.78, 5) is 13.6. The molecule has 4 rings (SSSR count). The van der Waals surface area contributed by atoms with Crippen molar-refractivity contribution in [2.45, 2.75) is 38.3 Å². The Morgan fingerprint density at radius 1 is 1.12 bits per heavy atom. The number of aryl methyl sites for hydroxylation is 1. The minimum absolute atomic E-state index is 0.000870. The number of hydrogen-bond acceptors (Lipinski definition) is 3. The third kappa shape index (κ3) is 3.65. The predicted octanol–water partition coefficient (Wildman–Crippen LogP) is 4.73. The van der Waals surface area contributed by atoms with Crippen molar-refractivity contribution in [2.75, 3.05) is 6.54 Å². The quantitative estimate of drug-likeness (QED) is 0.699. The summed E-state index contributed by atoms with van der Waals surface area (Å²) in [6.07, 6.45) is 4.80. The third-order valence-electron chi connectivity index (χ3n) is 5.29. The van der Waals surface area contributed by atoms with Crippen molar-refractivity contribution in [1.82, 2.24) is 4.90 Å². The molecule has 26 heavy (non-hydrogen) atoms. The van der Waals surface area contributed by atoms with Crippen LogP contribution >= 0.6 is 0 Å². The smallest absolute Gasteiger partial charge is 0.371 e. The molecule has 0 radical (unpaired) electrons. The molecule has 1 aliphatic heterocycles. The van der Waals surface area contributed by atoms with Gasteiger partial charge in [-0.05, 0) is 61.6 Å². The highest BCUT2D eigenvalue weighted by molar-refractivity contribution is 5.91. The van der Waals surface area contributed by atoms with Gasteiger partial charge in [-0.25, -0.2) is 4.79 Å². The maximum Gasteiger partial charge on any atom is 0.371 e. The first-order chi connectivity index (χ1) is 12.7. The summed E-state index contributed by atoms with van der Waals surface area (Å²) in [5, 5.41) is 9.93. The second-order valence-electron chi connectivity index (χ2n) is 7.08. The Bertz CT molecular complexity index is 900. The van der Waals surface area contributed by atoms with Crippen LogP contribution in [-0.4, -0.2) is 28.6 Å². The number of carbonyl (C=O) groups is 1. The number of aromatic carboxylic acids is 1. The van der Waals surface area contributed by atoms with Crippen LogP contribution in [0.5, 0.6) is 0 Å². The third-order valence-corrected chi connectivity index (χ3v) is 5.29. The fourth-order valence-corrected chi connectivity index (χ4v) is 3.94. The van der Waals surface area contributed by atoms with Crippen molar-refractivity contribution in [3.63, 3.8) is 0 Å². The second-order valence-corrected chi connectivity index (χ2v) is 7.08. The van der Waals surface area contributed by atoms with Gasteiger partial charge in [0, 0.05) is 18.0 Å². The zero-order valence-electron chi connectivity index (χ0n) is 14.7. The Morgan fingerprint density at radius 2 is 1.96 bits per heavy atom. The van der Waals surface area contributed by atoms with E-state index in [-0.39, 0.29) is 5.76 Å². The highest BCUT2D eigenvalue weighted by atomic mass is 16.4. The first kappa shape index (κ1) is 16.9. The van der Waals surface area contributed by atoms with E-state index in [1.54, 1.807) is 6.07 Å². The first-order valence-corrected chi connectivity index (χ1v) is 9.23. The molecule has 3 aromatic rings. The standard InChI is InChI=1S/C22H23NO3/c24-22(25)21-14-18-13-17(9-11-20(18)26-21)15-23-12-4-7-19(23)10-8-16-5-2-1-3-6-16/h1-3,5-6,9,11,13-14,19H,4,7-8,10,12,15H2,(H,24,25). The summed E-state index contributed by atoms with van der Waals surface area (Å²) in [5.41, 5.74) is 3.25. The lowest BCUT2D eigenvalue weighted by atomic mass is 10.0. The lowest BCUT2D eigenvalue weighted by Gasteiger charge is -2.24. The minimum Gasteiger partial charge on any atom is -0.475 e. The van der Waals surface area contributed by atoms with E-state index in [9.17, 15) is 4.79 Å². The van der Waals surface area contributed by atoms with Crippen LogP contribution < -0.4 is 0 Å². The number of likely N-dealkylation sites (tertiary alicyclic amines) is 1. The van der Waals surface area contributed by atoms with E-state index in [0.717, 1.165) is 24.9 Å². The molecular weight excluding hydrogens is 326 g/mol. The lowest BCUT2D eigenvalue weighted by Crippen LogP contribution is -2.29. The molecule has 1 aliphatic rings. The molecule has 0 aliphatic carbocycles. The molecule has 0 amide bonds. The van der Waals surface area contributed by atoms with Gasteiger partial charge in [-0.1, -0.05) is 36.4 Å². The topological polar surface area (TPSA) is 53.7 Å². The molecule has 1 fully saturated rings. The Labute approximate surface area is 153 Å². The number of hydrogen-bond donors (Lipinski definition) is 1. The summed E-state index contributed by atoms with van der Waals surface area (Å²) in [5.74, 6) is -1.03. The van der Waals surface area contributed by atoms with Crippen LogP contribution in [0.1, 0.15) is 40.9 Å². The molecular formula is C22H23NO3. The Morgan fingerprint density at radius 3 is 2.77 bits per heavy atom. The molecule has 0 bridgehead atoms. The van der Waals surface area contributed by atoms with E-state index < -0.39 is 5.97 Å². The second kappa shape index (κ2) is 7.34. The molecule has 4 heteroatoms. The number of furan rings is 1. The van der Waals surface area contributed by atoms with Crippen LogP contribution in [0.15, 0.2) is 59.0 Å². The average molecular weight is 349 g/mol. The summed E-state index contributed by atoms with van der Waals surface area (Å²) < 4.78 is 5.35. The fraction of sp³-hybridized carbons (Fsp3) is 0.318. The van der Waals surface area contributed by atoms with Crippen molar-refractivity contribution >= 4 is 16.9 Å². The van der Waals surface area contributed by atoms with E-state index in [1.807, 2.05) is 12.1 Å².